The standard InChI is InChI=1S/C21H33N5O/c1-22-20(27)16-7-4-6-15(12-16)10-11-24-21(23-2)25-17-13-18-8-5-9-19(14-17)26(18)3/h4,6-7,12,17-19H,5,8-11,13-14H2,1-3H3,(H,22,27)(H2,23,24,25). The molecule has 1 aromatic carbocycles. The van der Waals surface area contributed by atoms with Crippen molar-refractivity contribution in [3.8, 4) is 0 Å². The Morgan fingerprint density at radius 2 is 2.00 bits per heavy atom. The molecule has 0 spiro atoms. The Balaban J connectivity index is 1.48. The number of piperidine rings is 2. The van der Waals surface area contributed by atoms with Crippen molar-refractivity contribution in [2.75, 3.05) is 27.7 Å². The van der Waals surface area contributed by atoms with Gasteiger partial charge in [-0.15, -0.1) is 0 Å². The van der Waals surface area contributed by atoms with Gasteiger partial charge in [0.1, 0.15) is 0 Å². The first-order valence-electron chi connectivity index (χ1n) is 10.1. The van der Waals surface area contributed by atoms with Gasteiger partial charge in [0.2, 0.25) is 0 Å². The van der Waals surface area contributed by atoms with Crippen LogP contribution in [-0.4, -0.2) is 62.6 Å². The molecule has 0 saturated carbocycles. The van der Waals surface area contributed by atoms with Gasteiger partial charge in [-0.1, -0.05) is 18.6 Å². The highest BCUT2D eigenvalue weighted by molar-refractivity contribution is 5.94. The minimum atomic E-state index is -0.0462. The van der Waals surface area contributed by atoms with Gasteiger partial charge in [-0.3, -0.25) is 9.79 Å². The lowest BCUT2D eigenvalue weighted by Gasteiger charge is -2.47. The van der Waals surface area contributed by atoms with Gasteiger partial charge in [-0.2, -0.15) is 0 Å². The first-order valence-corrected chi connectivity index (χ1v) is 10.1. The second-order valence-corrected chi connectivity index (χ2v) is 7.75. The van der Waals surface area contributed by atoms with Crippen LogP contribution in [-0.2, 0) is 6.42 Å². The highest BCUT2D eigenvalue weighted by Gasteiger charge is 2.36. The Morgan fingerprint density at radius 1 is 1.26 bits per heavy atom. The molecule has 0 aliphatic carbocycles. The Labute approximate surface area is 162 Å². The van der Waals surface area contributed by atoms with Crippen LogP contribution in [0.3, 0.4) is 0 Å². The summed E-state index contributed by atoms with van der Waals surface area (Å²) in [5, 5.41) is 9.73. The van der Waals surface area contributed by atoms with Crippen LogP contribution < -0.4 is 16.0 Å². The van der Waals surface area contributed by atoms with Crippen LogP contribution >= 0.6 is 0 Å². The molecule has 0 radical (unpaired) electrons. The summed E-state index contributed by atoms with van der Waals surface area (Å²) >= 11 is 0. The molecule has 2 atom stereocenters. The molecule has 2 aliphatic heterocycles. The minimum absolute atomic E-state index is 0.0462. The Kier molecular flexibility index (Phi) is 6.72. The molecule has 27 heavy (non-hydrogen) atoms. The van der Waals surface area contributed by atoms with Crippen molar-refractivity contribution in [1.82, 2.24) is 20.9 Å². The summed E-state index contributed by atoms with van der Waals surface area (Å²) in [6.07, 6.45) is 7.25. The number of carbonyl (C=O) groups is 1. The molecule has 2 unspecified atom stereocenters. The van der Waals surface area contributed by atoms with E-state index in [-0.39, 0.29) is 5.91 Å². The topological polar surface area (TPSA) is 68.8 Å². The van der Waals surface area contributed by atoms with Gasteiger partial charge >= 0.3 is 0 Å². The largest absolute Gasteiger partial charge is 0.356 e. The van der Waals surface area contributed by atoms with Gasteiger partial charge < -0.3 is 20.9 Å². The van der Waals surface area contributed by atoms with Crippen molar-refractivity contribution in [3.05, 3.63) is 35.4 Å². The average Bonchev–Trinajstić information content (AvgIpc) is 2.67. The van der Waals surface area contributed by atoms with Gasteiger partial charge in [-0.05, 0) is 56.8 Å². The van der Waals surface area contributed by atoms with E-state index in [1.165, 1.54) is 32.1 Å². The number of carbonyl (C=O) groups excluding carboxylic acids is 1. The van der Waals surface area contributed by atoms with Crippen molar-refractivity contribution in [2.24, 2.45) is 4.99 Å². The molecule has 148 valence electrons. The van der Waals surface area contributed by atoms with Crippen LogP contribution in [0.2, 0.25) is 0 Å². The quantitative estimate of drug-likeness (QED) is 0.545. The van der Waals surface area contributed by atoms with E-state index in [9.17, 15) is 4.79 Å². The van der Waals surface area contributed by atoms with Crippen molar-refractivity contribution in [1.29, 1.82) is 0 Å². The molecule has 2 bridgehead atoms. The predicted octanol–water partition coefficient (Wildman–Crippen LogP) is 1.77. The van der Waals surface area contributed by atoms with E-state index in [0.717, 1.165) is 24.5 Å². The number of hydrogen-bond acceptors (Lipinski definition) is 3. The molecular weight excluding hydrogens is 338 g/mol. The molecule has 2 saturated heterocycles. The first kappa shape index (κ1) is 19.7. The Bertz CT molecular complexity index is 660. The highest BCUT2D eigenvalue weighted by atomic mass is 16.1. The lowest BCUT2D eigenvalue weighted by Crippen LogP contribution is -2.56. The Morgan fingerprint density at radius 3 is 2.67 bits per heavy atom. The fraction of sp³-hybridized carbons (Fsp3) is 0.619. The third-order valence-electron chi connectivity index (χ3n) is 6.03. The van der Waals surface area contributed by atoms with Crippen LogP contribution in [0.1, 0.15) is 48.0 Å². The number of aliphatic imine (C=N–C) groups is 1. The maximum atomic E-state index is 11.8. The number of amides is 1. The van der Waals surface area contributed by atoms with Gasteiger partial charge in [0.15, 0.2) is 5.96 Å². The molecular formula is C21H33N5O. The van der Waals surface area contributed by atoms with E-state index >= 15 is 0 Å². The number of guanidine groups is 1. The molecule has 6 heteroatoms. The second-order valence-electron chi connectivity index (χ2n) is 7.75. The zero-order valence-electron chi connectivity index (χ0n) is 16.8. The van der Waals surface area contributed by atoms with E-state index in [1.54, 1.807) is 7.05 Å². The third-order valence-corrected chi connectivity index (χ3v) is 6.03. The molecule has 3 rings (SSSR count). The van der Waals surface area contributed by atoms with Gasteiger partial charge in [0.05, 0.1) is 0 Å². The van der Waals surface area contributed by atoms with Gasteiger partial charge in [0.25, 0.3) is 5.91 Å². The number of nitrogens with zero attached hydrogens (tertiary/aromatic N) is 2. The number of nitrogens with one attached hydrogen (secondary N) is 3. The molecule has 6 nitrogen and oxygen atoms in total. The zero-order chi connectivity index (χ0) is 19.2. The van der Waals surface area contributed by atoms with Crippen molar-refractivity contribution in [2.45, 2.75) is 56.7 Å². The molecule has 0 aromatic heterocycles. The van der Waals surface area contributed by atoms with Crippen LogP contribution in [0.5, 0.6) is 0 Å². The number of benzene rings is 1. The number of rotatable bonds is 5. The van der Waals surface area contributed by atoms with E-state index < -0.39 is 0 Å². The van der Waals surface area contributed by atoms with Crippen molar-refractivity contribution in [3.63, 3.8) is 0 Å². The van der Waals surface area contributed by atoms with Crippen LogP contribution in [0, 0.1) is 0 Å². The minimum Gasteiger partial charge on any atom is -0.356 e. The zero-order valence-corrected chi connectivity index (χ0v) is 16.8. The summed E-state index contributed by atoms with van der Waals surface area (Å²) in [7, 11) is 5.77. The van der Waals surface area contributed by atoms with Crippen molar-refractivity contribution < 1.29 is 4.79 Å². The molecule has 2 fully saturated rings. The van der Waals surface area contributed by atoms with Crippen molar-refractivity contribution >= 4 is 11.9 Å². The summed E-state index contributed by atoms with van der Waals surface area (Å²) in [5.74, 6) is 0.834. The summed E-state index contributed by atoms with van der Waals surface area (Å²) in [4.78, 5) is 18.7. The lowest BCUT2D eigenvalue weighted by atomic mass is 9.82. The van der Waals surface area contributed by atoms with E-state index in [4.69, 9.17) is 0 Å². The van der Waals surface area contributed by atoms with Crippen LogP contribution in [0.25, 0.3) is 0 Å². The summed E-state index contributed by atoms with van der Waals surface area (Å²) in [5.41, 5.74) is 1.85. The van der Waals surface area contributed by atoms with E-state index in [0.29, 0.717) is 23.7 Å². The summed E-state index contributed by atoms with van der Waals surface area (Å²) < 4.78 is 0. The summed E-state index contributed by atoms with van der Waals surface area (Å²) in [6.45, 7) is 0.788. The predicted molar refractivity (Wildman–Crippen MR) is 110 cm³/mol. The first-order chi connectivity index (χ1) is 13.1. The van der Waals surface area contributed by atoms with Gasteiger partial charge in [0, 0.05) is 44.3 Å². The maximum Gasteiger partial charge on any atom is 0.251 e. The molecule has 1 aromatic rings. The van der Waals surface area contributed by atoms with Crippen LogP contribution in [0.15, 0.2) is 29.3 Å². The molecule has 2 aliphatic rings. The maximum absolute atomic E-state index is 11.8. The monoisotopic (exact) mass is 371 g/mol. The SMILES string of the molecule is CN=C(NCCc1cccc(C(=O)NC)c1)NC1CC2CCCC(C1)N2C. The highest BCUT2D eigenvalue weighted by Crippen LogP contribution is 2.32. The Hall–Kier alpha value is -2.08. The number of hydrogen-bond donors (Lipinski definition) is 3. The van der Waals surface area contributed by atoms with Gasteiger partial charge in [-0.25, -0.2) is 0 Å². The lowest BCUT2D eigenvalue weighted by molar-refractivity contribution is 0.0526. The third kappa shape index (κ3) is 5.01. The van der Waals surface area contributed by atoms with E-state index in [1.807, 2.05) is 25.2 Å². The molecule has 2 heterocycles. The van der Waals surface area contributed by atoms with Crippen LogP contribution in [0.4, 0.5) is 0 Å². The molecule has 1 amide bonds. The fourth-order valence-corrected chi connectivity index (χ4v) is 4.46. The fourth-order valence-electron chi connectivity index (χ4n) is 4.46. The van der Waals surface area contributed by atoms with E-state index in [2.05, 4.69) is 39.0 Å². The smallest absolute Gasteiger partial charge is 0.251 e. The normalized spacial score (nSPS) is 25.7. The molecule has 3 N–H and O–H groups in total. The number of fused-ring (bicyclic) bond motifs is 2. The summed E-state index contributed by atoms with van der Waals surface area (Å²) in [6, 6.07) is 9.70. The average molecular weight is 372 g/mol. The second kappa shape index (κ2) is 9.22.